The van der Waals surface area contributed by atoms with Crippen molar-refractivity contribution in [3.05, 3.63) is 72.6 Å². The SMILES string of the molecule is CCC(c1ncc(-c2ccc(-c3ccc(-c4cnc(C5CC6(C)CC6N5C)[nH]4)cc3)cc2)[nH]1)N(C(=O)OC(C)(C)C)C(C)C. The third kappa shape index (κ3) is 5.80. The van der Waals surface area contributed by atoms with Gasteiger partial charge in [-0.2, -0.15) is 0 Å². The highest BCUT2D eigenvalue weighted by Gasteiger charge is 2.60. The number of carbonyl (C=O) groups excluding carboxylic acids is 1. The largest absolute Gasteiger partial charge is 0.444 e. The summed E-state index contributed by atoms with van der Waals surface area (Å²) in [6.07, 6.45) is 6.70. The Morgan fingerprint density at radius 1 is 0.955 bits per heavy atom. The minimum absolute atomic E-state index is 0.0348. The molecule has 1 saturated heterocycles. The Labute approximate surface area is 261 Å². The molecule has 6 rings (SSSR count). The van der Waals surface area contributed by atoms with E-state index in [0.717, 1.165) is 51.7 Å². The fourth-order valence-corrected chi connectivity index (χ4v) is 6.85. The van der Waals surface area contributed by atoms with Crippen molar-refractivity contribution in [3.8, 4) is 33.6 Å². The van der Waals surface area contributed by atoms with Gasteiger partial charge in [0.1, 0.15) is 17.2 Å². The van der Waals surface area contributed by atoms with Gasteiger partial charge in [-0.25, -0.2) is 14.8 Å². The molecule has 2 aliphatic rings. The normalized spacial score (nSPS) is 22.2. The summed E-state index contributed by atoms with van der Waals surface area (Å²) in [5.41, 5.74) is 6.37. The first kappa shape index (κ1) is 30.1. The fraction of sp³-hybridized carbons (Fsp3) is 0.472. The molecule has 3 heterocycles. The molecular formula is C36H46N6O2. The maximum Gasteiger partial charge on any atom is 0.411 e. The summed E-state index contributed by atoms with van der Waals surface area (Å²) in [7, 11) is 2.23. The Bertz CT molecular complexity index is 1610. The van der Waals surface area contributed by atoms with Crippen molar-refractivity contribution in [2.45, 2.75) is 97.5 Å². The molecule has 0 spiro atoms. The van der Waals surface area contributed by atoms with E-state index in [-0.39, 0.29) is 18.2 Å². The van der Waals surface area contributed by atoms with Gasteiger partial charge in [-0.3, -0.25) is 9.80 Å². The van der Waals surface area contributed by atoms with Crippen molar-refractivity contribution in [2.24, 2.45) is 5.41 Å². The number of amides is 1. The summed E-state index contributed by atoms with van der Waals surface area (Å²) in [6.45, 7) is 14.1. The van der Waals surface area contributed by atoms with E-state index in [9.17, 15) is 4.79 Å². The Morgan fingerprint density at radius 3 is 2.00 bits per heavy atom. The number of piperidine rings is 1. The lowest BCUT2D eigenvalue weighted by Gasteiger charge is -2.35. The smallest absolute Gasteiger partial charge is 0.411 e. The van der Waals surface area contributed by atoms with E-state index in [2.05, 4.69) is 89.3 Å². The fourth-order valence-electron chi connectivity index (χ4n) is 6.85. The van der Waals surface area contributed by atoms with Gasteiger partial charge in [0.05, 0.1) is 35.9 Å². The second-order valence-electron chi connectivity index (χ2n) is 14.2. The summed E-state index contributed by atoms with van der Waals surface area (Å²) in [5.74, 6) is 1.83. The molecule has 1 aliphatic heterocycles. The number of aromatic amines is 2. The van der Waals surface area contributed by atoms with Crippen LogP contribution in [0.5, 0.6) is 0 Å². The summed E-state index contributed by atoms with van der Waals surface area (Å²) in [6, 6.07) is 18.0. The second kappa shape index (κ2) is 11.2. The van der Waals surface area contributed by atoms with Crippen LogP contribution in [0.25, 0.3) is 33.6 Å². The molecule has 2 fully saturated rings. The van der Waals surface area contributed by atoms with Gasteiger partial charge in [-0.05, 0) is 88.6 Å². The topological polar surface area (TPSA) is 90.1 Å². The number of carbonyl (C=O) groups is 1. The number of H-pyrrole nitrogens is 2. The van der Waals surface area contributed by atoms with Crippen molar-refractivity contribution in [1.82, 2.24) is 29.7 Å². The summed E-state index contributed by atoms with van der Waals surface area (Å²) >= 11 is 0. The molecule has 2 aromatic heterocycles. The summed E-state index contributed by atoms with van der Waals surface area (Å²) in [4.78, 5) is 33.9. The number of hydrogen-bond acceptors (Lipinski definition) is 5. The number of aromatic nitrogens is 4. The number of benzene rings is 2. The van der Waals surface area contributed by atoms with Crippen LogP contribution in [0.4, 0.5) is 4.79 Å². The van der Waals surface area contributed by atoms with Crippen molar-refractivity contribution >= 4 is 6.09 Å². The number of hydrogen-bond donors (Lipinski definition) is 2. The van der Waals surface area contributed by atoms with Crippen LogP contribution < -0.4 is 0 Å². The van der Waals surface area contributed by atoms with Crippen LogP contribution >= 0.6 is 0 Å². The highest BCUT2D eigenvalue weighted by Crippen LogP contribution is 2.62. The molecule has 232 valence electrons. The molecule has 4 aromatic rings. The van der Waals surface area contributed by atoms with Crippen molar-refractivity contribution in [2.75, 3.05) is 7.05 Å². The van der Waals surface area contributed by atoms with E-state index in [1.165, 1.54) is 12.8 Å². The van der Waals surface area contributed by atoms with Crippen molar-refractivity contribution in [3.63, 3.8) is 0 Å². The quantitative estimate of drug-likeness (QED) is 0.214. The number of ether oxygens (including phenoxy) is 1. The summed E-state index contributed by atoms with van der Waals surface area (Å²) in [5, 5.41) is 0. The number of imidazole rings is 2. The zero-order valence-electron chi connectivity index (χ0n) is 27.3. The van der Waals surface area contributed by atoms with E-state index >= 15 is 0 Å². The van der Waals surface area contributed by atoms with Gasteiger partial charge in [0.25, 0.3) is 0 Å². The predicted octanol–water partition coefficient (Wildman–Crippen LogP) is 8.39. The molecule has 0 radical (unpaired) electrons. The highest BCUT2D eigenvalue weighted by molar-refractivity contribution is 5.72. The van der Waals surface area contributed by atoms with Crippen LogP contribution in [0, 0.1) is 5.41 Å². The molecule has 44 heavy (non-hydrogen) atoms. The number of nitrogens with zero attached hydrogens (tertiary/aromatic N) is 4. The molecule has 2 aromatic carbocycles. The predicted molar refractivity (Wildman–Crippen MR) is 175 cm³/mol. The van der Waals surface area contributed by atoms with E-state index in [4.69, 9.17) is 9.72 Å². The van der Waals surface area contributed by atoms with Gasteiger partial charge in [0, 0.05) is 12.1 Å². The molecule has 4 unspecified atom stereocenters. The van der Waals surface area contributed by atoms with Gasteiger partial charge in [-0.15, -0.1) is 0 Å². The maximum atomic E-state index is 13.1. The zero-order valence-corrected chi connectivity index (χ0v) is 27.3. The first-order valence-electron chi connectivity index (χ1n) is 15.9. The zero-order chi connectivity index (χ0) is 31.4. The number of rotatable bonds is 8. The van der Waals surface area contributed by atoms with Crippen molar-refractivity contribution < 1.29 is 9.53 Å². The van der Waals surface area contributed by atoms with Crippen LogP contribution in [0.15, 0.2) is 60.9 Å². The Hall–Kier alpha value is -3.91. The van der Waals surface area contributed by atoms with E-state index in [0.29, 0.717) is 17.5 Å². The molecule has 2 N–H and O–H groups in total. The molecule has 8 heteroatoms. The van der Waals surface area contributed by atoms with Gasteiger partial charge in [-0.1, -0.05) is 62.4 Å². The number of fused-ring (bicyclic) bond motifs is 1. The van der Waals surface area contributed by atoms with Crippen LogP contribution in [0.3, 0.4) is 0 Å². The molecule has 0 bridgehead atoms. The van der Waals surface area contributed by atoms with E-state index in [1.807, 2.05) is 47.0 Å². The third-order valence-electron chi connectivity index (χ3n) is 9.38. The third-order valence-corrected chi connectivity index (χ3v) is 9.38. The van der Waals surface area contributed by atoms with E-state index < -0.39 is 5.60 Å². The minimum atomic E-state index is -0.563. The maximum absolute atomic E-state index is 13.1. The molecular weight excluding hydrogens is 548 g/mol. The molecule has 1 saturated carbocycles. The van der Waals surface area contributed by atoms with Crippen LogP contribution in [0.1, 0.15) is 91.5 Å². The Kier molecular flexibility index (Phi) is 7.68. The Balaban J connectivity index is 1.14. The van der Waals surface area contributed by atoms with Crippen LogP contribution in [0.2, 0.25) is 0 Å². The van der Waals surface area contributed by atoms with Gasteiger partial charge in [0.2, 0.25) is 0 Å². The van der Waals surface area contributed by atoms with Crippen LogP contribution in [-0.4, -0.2) is 60.6 Å². The lowest BCUT2D eigenvalue weighted by molar-refractivity contribution is 0.00669. The monoisotopic (exact) mass is 594 g/mol. The highest BCUT2D eigenvalue weighted by atomic mass is 16.6. The minimum Gasteiger partial charge on any atom is -0.444 e. The average Bonchev–Trinajstić information content (AvgIpc) is 3.36. The van der Waals surface area contributed by atoms with Crippen molar-refractivity contribution in [1.29, 1.82) is 0 Å². The molecule has 4 atom stereocenters. The lowest BCUT2D eigenvalue weighted by Crippen LogP contribution is -2.43. The number of likely N-dealkylation sites (tertiary alicyclic amines) is 1. The number of nitrogens with one attached hydrogen (secondary N) is 2. The van der Waals surface area contributed by atoms with E-state index in [1.54, 1.807) is 4.90 Å². The Morgan fingerprint density at radius 2 is 1.50 bits per heavy atom. The summed E-state index contributed by atoms with van der Waals surface area (Å²) < 4.78 is 5.72. The second-order valence-corrected chi connectivity index (χ2v) is 14.2. The standard InChI is InChI=1S/C36H46N6O2/c1-9-29(42(22(2)3)34(43)44-35(4,5)6)32-37-20-27(39-32)25-14-10-23(11-15-25)24-12-16-26(17-13-24)28-21-38-33(40-28)30-18-36(7)19-31(36)41(30)8/h10-17,20-22,29-31H,9,18-19H2,1-8H3,(H,37,39)(H,38,40). The van der Waals surface area contributed by atoms with Crippen LogP contribution in [-0.2, 0) is 4.74 Å². The molecule has 1 amide bonds. The molecule has 1 aliphatic carbocycles. The average molecular weight is 595 g/mol. The first-order valence-corrected chi connectivity index (χ1v) is 15.9. The first-order chi connectivity index (χ1) is 20.9. The lowest BCUT2D eigenvalue weighted by atomic mass is 10.0. The van der Waals surface area contributed by atoms with Gasteiger partial charge >= 0.3 is 6.09 Å². The molecule has 8 nitrogen and oxygen atoms in total. The van der Waals surface area contributed by atoms with Gasteiger partial charge < -0.3 is 14.7 Å². The van der Waals surface area contributed by atoms with Gasteiger partial charge in [0.15, 0.2) is 0 Å².